The summed E-state index contributed by atoms with van der Waals surface area (Å²) in [7, 11) is 0. The number of carbonyl (C=O) groups excluding carboxylic acids is 1. The van der Waals surface area contributed by atoms with Crippen LogP contribution in [0.25, 0.3) is 21.9 Å². The van der Waals surface area contributed by atoms with Crippen molar-refractivity contribution in [3.05, 3.63) is 40.2 Å². The van der Waals surface area contributed by atoms with Crippen molar-refractivity contribution in [2.75, 3.05) is 19.6 Å². The minimum absolute atomic E-state index is 0.0709. The predicted molar refractivity (Wildman–Crippen MR) is 103 cm³/mol. The van der Waals surface area contributed by atoms with Gasteiger partial charge in [0.05, 0.1) is 14.8 Å². The molecule has 3 aromatic rings. The lowest BCUT2D eigenvalue weighted by atomic mass is 9.84. The monoisotopic (exact) mass is 387 g/mol. The number of benzene rings is 1. The van der Waals surface area contributed by atoms with Gasteiger partial charge < -0.3 is 14.6 Å². The molecule has 5 heterocycles. The van der Waals surface area contributed by atoms with Crippen molar-refractivity contribution in [1.29, 1.82) is 0 Å². The summed E-state index contributed by atoms with van der Waals surface area (Å²) in [6.07, 6.45) is 2.34. The second-order valence-corrected chi connectivity index (χ2v) is 8.71. The van der Waals surface area contributed by atoms with E-state index in [9.17, 15) is 4.79 Å². The topological polar surface area (TPSA) is 58.4 Å². The molecule has 0 saturated carbocycles. The molecule has 0 spiro atoms. The third kappa shape index (κ3) is 2.82. The number of aromatic nitrogens is 1. The number of nitrogens with zero attached hydrogens (tertiary/aromatic N) is 2. The molecule has 0 aliphatic carbocycles. The molecule has 3 aliphatic heterocycles. The zero-order valence-corrected chi connectivity index (χ0v) is 15.6. The Morgan fingerprint density at radius 1 is 1.27 bits per heavy atom. The fourth-order valence-electron chi connectivity index (χ4n) is 4.04. The van der Waals surface area contributed by atoms with Gasteiger partial charge in [-0.3, -0.25) is 4.79 Å². The summed E-state index contributed by atoms with van der Waals surface area (Å²) in [5.41, 5.74) is 1.79. The van der Waals surface area contributed by atoms with E-state index in [-0.39, 0.29) is 11.9 Å². The molecular formula is C19H18ClN3O2S. The minimum atomic E-state index is -0.0709. The second-order valence-electron chi connectivity index (χ2n) is 6.99. The molecule has 1 N–H and O–H groups in total. The van der Waals surface area contributed by atoms with Crippen LogP contribution in [-0.2, 0) is 0 Å². The normalized spacial score (nSPS) is 24.9. The SMILES string of the molecule is O=C(N[C@@H]1CN2CCC1CC2)c1cccc2oc(-c3ccc(Cl)s3)nc12. The Morgan fingerprint density at radius 3 is 2.81 bits per heavy atom. The lowest BCUT2D eigenvalue weighted by molar-refractivity contribution is 0.0621. The van der Waals surface area contributed by atoms with E-state index in [4.69, 9.17) is 16.0 Å². The van der Waals surface area contributed by atoms with Crippen LogP contribution >= 0.6 is 22.9 Å². The van der Waals surface area contributed by atoms with Crippen molar-refractivity contribution in [1.82, 2.24) is 15.2 Å². The van der Waals surface area contributed by atoms with Gasteiger partial charge in [0.1, 0.15) is 5.52 Å². The van der Waals surface area contributed by atoms with Crippen molar-refractivity contribution in [2.24, 2.45) is 5.92 Å². The molecule has 1 amide bonds. The van der Waals surface area contributed by atoms with E-state index in [0.717, 1.165) is 24.5 Å². The number of carbonyl (C=O) groups is 1. The van der Waals surface area contributed by atoms with Gasteiger partial charge in [0.25, 0.3) is 5.91 Å². The number of halogens is 1. The van der Waals surface area contributed by atoms with Gasteiger partial charge >= 0.3 is 0 Å². The number of fused-ring (bicyclic) bond motifs is 4. The number of thiophene rings is 1. The molecule has 3 aliphatic rings. The van der Waals surface area contributed by atoms with Crippen LogP contribution < -0.4 is 5.32 Å². The van der Waals surface area contributed by atoms with Crippen molar-refractivity contribution in [3.63, 3.8) is 0 Å². The van der Waals surface area contributed by atoms with Crippen LogP contribution in [0.2, 0.25) is 4.34 Å². The summed E-state index contributed by atoms with van der Waals surface area (Å²) < 4.78 is 6.53. The highest BCUT2D eigenvalue weighted by Gasteiger charge is 2.35. The highest BCUT2D eigenvalue weighted by atomic mass is 35.5. The number of nitrogens with one attached hydrogen (secondary N) is 1. The lowest BCUT2D eigenvalue weighted by Crippen LogP contribution is -2.57. The van der Waals surface area contributed by atoms with Gasteiger partial charge in [0, 0.05) is 12.6 Å². The smallest absolute Gasteiger partial charge is 0.253 e. The Hall–Kier alpha value is -1.89. The van der Waals surface area contributed by atoms with Crippen LogP contribution in [0.5, 0.6) is 0 Å². The first kappa shape index (κ1) is 16.3. The lowest BCUT2D eigenvalue weighted by Gasteiger charge is -2.44. The first-order valence-corrected chi connectivity index (χ1v) is 10.1. The summed E-state index contributed by atoms with van der Waals surface area (Å²) in [5, 5.41) is 3.23. The first-order chi connectivity index (χ1) is 12.7. The van der Waals surface area contributed by atoms with Crippen LogP contribution in [0.4, 0.5) is 0 Å². The molecular weight excluding hydrogens is 370 g/mol. The minimum Gasteiger partial charge on any atom is -0.435 e. The molecule has 6 rings (SSSR count). The van der Waals surface area contributed by atoms with Crippen LogP contribution in [0.1, 0.15) is 23.2 Å². The standard InChI is InChI=1S/C19H18ClN3O2S/c20-16-5-4-15(26-16)19-22-17-12(2-1-3-14(17)25-19)18(24)21-13-10-23-8-6-11(13)7-9-23/h1-5,11,13H,6-10H2,(H,21,24)/t13-/m1/s1. The Morgan fingerprint density at radius 2 is 2.12 bits per heavy atom. The Bertz CT molecular complexity index is 974. The Kier molecular flexibility index (Phi) is 3.99. The number of hydrogen-bond donors (Lipinski definition) is 1. The molecule has 26 heavy (non-hydrogen) atoms. The largest absolute Gasteiger partial charge is 0.435 e. The molecule has 2 bridgehead atoms. The number of hydrogen-bond acceptors (Lipinski definition) is 5. The zero-order chi connectivity index (χ0) is 17.7. The van der Waals surface area contributed by atoms with Gasteiger partial charge in [0.2, 0.25) is 5.89 Å². The van der Waals surface area contributed by atoms with E-state index in [1.165, 1.54) is 24.2 Å². The van der Waals surface area contributed by atoms with Crippen LogP contribution in [0, 0.1) is 5.92 Å². The molecule has 3 saturated heterocycles. The van der Waals surface area contributed by atoms with Gasteiger partial charge in [-0.05, 0) is 56.1 Å². The maximum absolute atomic E-state index is 12.9. The van der Waals surface area contributed by atoms with Crippen molar-refractivity contribution in [3.8, 4) is 10.8 Å². The van der Waals surface area contributed by atoms with Crippen LogP contribution in [-0.4, -0.2) is 41.5 Å². The summed E-state index contributed by atoms with van der Waals surface area (Å²) in [6, 6.07) is 9.41. The maximum atomic E-state index is 12.9. The van der Waals surface area contributed by atoms with Gasteiger partial charge in [0.15, 0.2) is 5.58 Å². The summed E-state index contributed by atoms with van der Waals surface area (Å²) in [6.45, 7) is 3.26. The van der Waals surface area contributed by atoms with E-state index in [0.29, 0.717) is 32.8 Å². The average Bonchev–Trinajstić information content (AvgIpc) is 3.28. The Balaban J connectivity index is 1.44. The second kappa shape index (κ2) is 6.37. The summed E-state index contributed by atoms with van der Waals surface area (Å²) in [5.74, 6) is 1.02. The fraction of sp³-hybridized carbons (Fsp3) is 0.368. The number of rotatable bonds is 3. The van der Waals surface area contributed by atoms with E-state index < -0.39 is 0 Å². The van der Waals surface area contributed by atoms with Gasteiger partial charge in [-0.2, -0.15) is 0 Å². The van der Waals surface area contributed by atoms with Crippen molar-refractivity contribution >= 4 is 39.9 Å². The molecule has 0 radical (unpaired) electrons. The average molecular weight is 388 g/mol. The number of para-hydroxylation sites is 1. The molecule has 1 aromatic carbocycles. The zero-order valence-electron chi connectivity index (χ0n) is 14.1. The fourth-order valence-corrected chi connectivity index (χ4v) is 5.01. The number of piperidine rings is 3. The third-order valence-electron chi connectivity index (χ3n) is 5.42. The number of amides is 1. The van der Waals surface area contributed by atoms with E-state index in [1.54, 1.807) is 0 Å². The predicted octanol–water partition coefficient (Wildman–Crippen LogP) is 4.03. The first-order valence-electron chi connectivity index (χ1n) is 8.86. The van der Waals surface area contributed by atoms with Crippen molar-refractivity contribution in [2.45, 2.75) is 18.9 Å². The number of oxazole rings is 1. The Labute approximate surface area is 160 Å². The van der Waals surface area contributed by atoms with Crippen LogP contribution in [0.3, 0.4) is 0 Å². The molecule has 0 unspecified atom stereocenters. The van der Waals surface area contributed by atoms with E-state index >= 15 is 0 Å². The van der Waals surface area contributed by atoms with Crippen LogP contribution in [0.15, 0.2) is 34.7 Å². The molecule has 3 fully saturated rings. The highest BCUT2D eigenvalue weighted by molar-refractivity contribution is 7.19. The highest BCUT2D eigenvalue weighted by Crippen LogP contribution is 2.33. The van der Waals surface area contributed by atoms with Gasteiger partial charge in [-0.25, -0.2) is 4.98 Å². The van der Waals surface area contributed by atoms with E-state index in [2.05, 4.69) is 15.2 Å². The maximum Gasteiger partial charge on any atom is 0.253 e. The third-order valence-corrected chi connectivity index (χ3v) is 6.64. The summed E-state index contributed by atoms with van der Waals surface area (Å²) >= 11 is 7.42. The molecule has 7 heteroatoms. The molecule has 2 aromatic heterocycles. The van der Waals surface area contributed by atoms with Gasteiger partial charge in [-0.1, -0.05) is 17.7 Å². The molecule has 134 valence electrons. The summed E-state index contributed by atoms with van der Waals surface area (Å²) in [4.78, 5) is 20.8. The van der Waals surface area contributed by atoms with Gasteiger partial charge in [-0.15, -0.1) is 11.3 Å². The van der Waals surface area contributed by atoms with E-state index in [1.807, 2.05) is 30.3 Å². The quantitative estimate of drug-likeness (QED) is 0.737. The van der Waals surface area contributed by atoms with Crippen molar-refractivity contribution < 1.29 is 9.21 Å². The molecule has 1 atom stereocenters. The molecule has 5 nitrogen and oxygen atoms in total.